The van der Waals surface area contributed by atoms with Gasteiger partial charge in [0.2, 0.25) is 0 Å². The van der Waals surface area contributed by atoms with Crippen molar-refractivity contribution in [1.29, 1.82) is 0 Å². The molecule has 1 aromatic carbocycles. The summed E-state index contributed by atoms with van der Waals surface area (Å²) in [6.45, 7) is 3.56. The quantitative estimate of drug-likeness (QED) is 0.846. The van der Waals surface area contributed by atoms with E-state index in [1.165, 1.54) is 0 Å². The molecule has 0 unspecified atom stereocenters. The van der Waals surface area contributed by atoms with E-state index >= 15 is 0 Å². The zero-order valence-corrected chi connectivity index (χ0v) is 13.6. The van der Waals surface area contributed by atoms with E-state index in [1.807, 2.05) is 46.9 Å². The van der Waals surface area contributed by atoms with Crippen LogP contribution in [-0.4, -0.2) is 17.0 Å². The van der Waals surface area contributed by atoms with Gasteiger partial charge in [0.25, 0.3) is 5.91 Å². The number of anilines is 2. The molecule has 4 nitrogen and oxygen atoms in total. The zero-order chi connectivity index (χ0) is 15.0. The number of carbonyl (C=O) groups is 1. The Morgan fingerprint density at radius 3 is 2.95 bits per heavy atom. The number of aryl methyl sites for hydroxylation is 2. The maximum Gasteiger partial charge on any atom is 0.274 e. The predicted octanol–water partition coefficient (Wildman–Crippen LogP) is 3.45. The molecule has 21 heavy (non-hydrogen) atoms. The highest BCUT2D eigenvalue weighted by atomic mass is 79.9. The van der Waals surface area contributed by atoms with Crippen molar-refractivity contribution in [3.05, 3.63) is 46.2 Å². The number of nitrogens with two attached hydrogens (primary N) is 1. The van der Waals surface area contributed by atoms with Crippen LogP contribution in [0.4, 0.5) is 11.4 Å². The van der Waals surface area contributed by atoms with Crippen LogP contribution in [0.5, 0.6) is 0 Å². The first-order valence-corrected chi connectivity index (χ1v) is 7.95. The minimum atomic E-state index is 0.0493. The molecule has 0 fully saturated rings. The van der Waals surface area contributed by atoms with E-state index in [1.54, 1.807) is 0 Å². The van der Waals surface area contributed by atoms with Crippen molar-refractivity contribution >= 4 is 33.2 Å². The van der Waals surface area contributed by atoms with Crippen molar-refractivity contribution in [2.24, 2.45) is 0 Å². The Hall–Kier alpha value is -1.75. The van der Waals surface area contributed by atoms with Crippen LogP contribution in [0.15, 0.2) is 34.9 Å². The Bertz CT molecular complexity index is 693. The Labute approximate surface area is 132 Å². The number of fused-ring (bicyclic) bond motifs is 1. The molecule has 1 aliphatic rings. The first-order chi connectivity index (χ1) is 10.1. The predicted molar refractivity (Wildman–Crippen MR) is 88.7 cm³/mol. The number of amides is 1. The van der Waals surface area contributed by atoms with E-state index < -0.39 is 0 Å². The van der Waals surface area contributed by atoms with Crippen LogP contribution < -0.4 is 10.6 Å². The molecule has 0 spiro atoms. The van der Waals surface area contributed by atoms with Crippen LogP contribution in [0.1, 0.15) is 29.4 Å². The number of nitrogen functional groups attached to an aromatic ring is 1. The second-order valence-corrected chi connectivity index (χ2v) is 6.19. The number of aromatic nitrogens is 1. The van der Waals surface area contributed by atoms with Crippen LogP contribution in [0.25, 0.3) is 0 Å². The van der Waals surface area contributed by atoms with Crippen LogP contribution in [0.2, 0.25) is 0 Å². The molecule has 3 rings (SSSR count). The summed E-state index contributed by atoms with van der Waals surface area (Å²) in [5.41, 5.74) is 9.46. The summed E-state index contributed by atoms with van der Waals surface area (Å²) in [7, 11) is 0. The maximum absolute atomic E-state index is 12.9. The van der Waals surface area contributed by atoms with Crippen LogP contribution >= 0.6 is 15.9 Å². The lowest BCUT2D eigenvalue weighted by molar-refractivity contribution is 0.0976. The van der Waals surface area contributed by atoms with Gasteiger partial charge in [-0.2, -0.15) is 0 Å². The summed E-state index contributed by atoms with van der Waals surface area (Å²) in [5.74, 6) is 0.0493. The summed E-state index contributed by atoms with van der Waals surface area (Å²) >= 11 is 3.45. The van der Waals surface area contributed by atoms with E-state index in [0.717, 1.165) is 47.3 Å². The van der Waals surface area contributed by atoms with Gasteiger partial charge >= 0.3 is 0 Å². The first-order valence-electron chi connectivity index (χ1n) is 7.16. The lowest BCUT2D eigenvalue weighted by atomic mass is 10.0. The van der Waals surface area contributed by atoms with E-state index in [-0.39, 0.29) is 5.91 Å². The van der Waals surface area contributed by atoms with E-state index in [2.05, 4.69) is 15.9 Å². The molecule has 0 aliphatic carbocycles. The van der Waals surface area contributed by atoms with Gasteiger partial charge in [0.05, 0.1) is 0 Å². The fraction of sp³-hybridized carbons (Fsp3) is 0.312. The Morgan fingerprint density at radius 1 is 1.38 bits per heavy atom. The average Bonchev–Trinajstić information content (AvgIpc) is 2.86. The third-order valence-electron chi connectivity index (χ3n) is 3.89. The van der Waals surface area contributed by atoms with E-state index in [4.69, 9.17) is 5.73 Å². The third-order valence-corrected chi connectivity index (χ3v) is 4.32. The largest absolute Gasteiger partial charge is 0.399 e. The Morgan fingerprint density at radius 2 is 2.19 bits per heavy atom. The molecule has 5 heteroatoms. The zero-order valence-electron chi connectivity index (χ0n) is 12.0. The third kappa shape index (κ3) is 2.58. The Kier molecular flexibility index (Phi) is 3.76. The molecule has 110 valence electrons. The molecule has 0 saturated carbocycles. The van der Waals surface area contributed by atoms with Crippen molar-refractivity contribution in [3.8, 4) is 0 Å². The number of hydrogen-bond donors (Lipinski definition) is 1. The second-order valence-electron chi connectivity index (χ2n) is 5.28. The van der Waals surface area contributed by atoms with Gasteiger partial charge in [0.1, 0.15) is 5.69 Å². The summed E-state index contributed by atoms with van der Waals surface area (Å²) < 4.78 is 2.90. The SMILES string of the molecule is CCn1cc(Br)cc1C(=O)N1CCCc2cc(N)ccc21. The van der Waals surface area contributed by atoms with Gasteiger partial charge < -0.3 is 15.2 Å². The molecular weight excluding hydrogens is 330 g/mol. The average molecular weight is 348 g/mol. The topological polar surface area (TPSA) is 51.3 Å². The molecule has 0 atom stereocenters. The molecule has 2 heterocycles. The van der Waals surface area contributed by atoms with Crippen molar-refractivity contribution in [1.82, 2.24) is 4.57 Å². The minimum absolute atomic E-state index is 0.0493. The van der Waals surface area contributed by atoms with Crippen molar-refractivity contribution < 1.29 is 4.79 Å². The Balaban J connectivity index is 2.00. The van der Waals surface area contributed by atoms with Crippen molar-refractivity contribution in [2.45, 2.75) is 26.3 Å². The number of benzene rings is 1. The summed E-state index contributed by atoms with van der Waals surface area (Å²) in [6.07, 6.45) is 3.89. The molecule has 1 amide bonds. The van der Waals surface area contributed by atoms with Crippen LogP contribution in [0.3, 0.4) is 0 Å². The van der Waals surface area contributed by atoms with Gasteiger partial charge in [0.15, 0.2) is 0 Å². The number of halogens is 1. The smallest absolute Gasteiger partial charge is 0.274 e. The molecule has 2 N–H and O–H groups in total. The molecular formula is C16H18BrN3O. The van der Waals surface area contributed by atoms with Crippen molar-refractivity contribution in [3.63, 3.8) is 0 Å². The van der Waals surface area contributed by atoms with Crippen molar-refractivity contribution in [2.75, 3.05) is 17.2 Å². The standard InChI is InChI=1S/C16H18BrN3O/c1-2-19-10-12(17)9-15(19)16(21)20-7-3-4-11-8-13(18)5-6-14(11)20/h5-6,8-10H,2-4,7,18H2,1H3. The minimum Gasteiger partial charge on any atom is -0.399 e. The number of carbonyl (C=O) groups excluding carboxylic acids is 1. The highest BCUT2D eigenvalue weighted by molar-refractivity contribution is 9.10. The number of rotatable bonds is 2. The molecule has 0 radical (unpaired) electrons. The normalized spacial score (nSPS) is 14.1. The van der Waals surface area contributed by atoms with Gasteiger partial charge in [-0.05, 0) is 65.5 Å². The van der Waals surface area contributed by atoms with Crippen LogP contribution in [-0.2, 0) is 13.0 Å². The van der Waals surface area contributed by atoms with Gasteiger partial charge in [0, 0.05) is 35.1 Å². The fourth-order valence-electron chi connectivity index (χ4n) is 2.88. The van der Waals surface area contributed by atoms with Gasteiger partial charge in [-0.1, -0.05) is 0 Å². The van der Waals surface area contributed by atoms with Gasteiger partial charge in [-0.3, -0.25) is 4.79 Å². The molecule has 1 aromatic heterocycles. The molecule has 2 aromatic rings. The highest BCUT2D eigenvalue weighted by Crippen LogP contribution is 2.30. The summed E-state index contributed by atoms with van der Waals surface area (Å²) in [6, 6.07) is 7.68. The van der Waals surface area contributed by atoms with Gasteiger partial charge in [-0.25, -0.2) is 0 Å². The summed E-state index contributed by atoms with van der Waals surface area (Å²) in [5, 5.41) is 0. The monoisotopic (exact) mass is 347 g/mol. The van der Waals surface area contributed by atoms with E-state index in [0.29, 0.717) is 5.69 Å². The molecule has 1 aliphatic heterocycles. The molecule has 0 bridgehead atoms. The van der Waals surface area contributed by atoms with Gasteiger partial charge in [-0.15, -0.1) is 0 Å². The van der Waals surface area contributed by atoms with E-state index in [9.17, 15) is 4.79 Å². The summed E-state index contributed by atoms with van der Waals surface area (Å²) in [4.78, 5) is 14.8. The number of hydrogen-bond acceptors (Lipinski definition) is 2. The maximum atomic E-state index is 12.9. The lowest BCUT2D eigenvalue weighted by Gasteiger charge is -2.30. The number of nitrogens with zero attached hydrogens (tertiary/aromatic N) is 2. The first kappa shape index (κ1) is 14.2. The molecule has 0 saturated heterocycles. The second kappa shape index (κ2) is 5.56. The van der Waals surface area contributed by atoms with Crippen LogP contribution in [0, 0.1) is 0 Å². The lowest BCUT2D eigenvalue weighted by Crippen LogP contribution is -2.36. The fourth-order valence-corrected chi connectivity index (χ4v) is 3.35. The highest BCUT2D eigenvalue weighted by Gasteiger charge is 2.25.